The van der Waals surface area contributed by atoms with Crippen LogP contribution in [0.3, 0.4) is 0 Å². The second-order valence-electron chi connectivity index (χ2n) is 4.08. The van der Waals surface area contributed by atoms with Gasteiger partial charge in [-0.2, -0.15) is 5.26 Å². The SMILES string of the molecule is N#Cc1ccc(NC2CCC2C(=O)O)c(Br)c1. The van der Waals surface area contributed by atoms with Crippen LogP contribution in [0.25, 0.3) is 0 Å². The zero-order valence-corrected chi connectivity index (χ0v) is 10.6. The molecule has 5 heteroatoms. The highest BCUT2D eigenvalue weighted by Gasteiger charge is 2.36. The number of carboxylic acid groups (broad SMARTS) is 1. The summed E-state index contributed by atoms with van der Waals surface area (Å²) in [6.07, 6.45) is 1.59. The van der Waals surface area contributed by atoms with Gasteiger partial charge in [0, 0.05) is 16.2 Å². The van der Waals surface area contributed by atoms with Gasteiger partial charge < -0.3 is 10.4 Å². The fourth-order valence-corrected chi connectivity index (χ4v) is 2.36. The van der Waals surface area contributed by atoms with Crippen LogP contribution in [0.4, 0.5) is 5.69 Å². The van der Waals surface area contributed by atoms with Crippen LogP contribution in [0, 0.1) is 17.2 Å². The van der Waals surface area contributed by atoms with Gasteiger partial charge in [-0.1, -0.05) is 0 Å². The van der Waals surface area contributed by atoms with Gasteiger partial charge >= 0.3 is 5.97 Å². The Morgan fingerprint density at radius 3 is 2.76 bits per heavy atom. The van der Waals surface area contributed by atoms with Crippen LogP contribution in [0.2, 0.25) is 0 Å². The van der Waals surface area contributed by atoms with Crippen molar-refractivity contribution in [1.29, 1.82) is 5.26 Å². The van der Waals surface area contributed by atoms with Gasteiger partial charge in [0.1, 0.15) is 0 Å². The first kappa shape index (κ1) is 11.9. The molecule has 88 valence electrons. The van der Waals surface area contributed by atoms with Gasteiger partial charge in [0.05, 0.1) is 17.6 Å². The number of halogens is 1. The summed E-state index contributed by atoms with van der Waals surface area (Å²) >= 11 is 3.37. The Morgan fingerprint density at radius 1 is 1.53 bits per heavy atom. The van der Waals surface area contributed by atoms with E-state index in [1.807, 2.05) is 0 Å². The third-order valence-corrected chi connectivity index (χ3v) is 3.69. The Morgan fingerprint density at radius 2 is 2.29 bits per heavy atom. The molecule has 4 nitrogen and oxygen atoms in total. The van der Waals surface area contributed by atoms with E-state index in [0.29, 0.717) is 5.56 Å². The molecule has 2 unspecified atom stereocenters. The van der Waals surface area contributed by atoms with Crippen molar-refractivity contribution in [3.8, 4) is 6.07 Å². The van der Waals surface area contributed by atoms with Crippen LogP contribution >= 0.6 is 15.9 Å². The Balaban J connectivity index is 2.10. The number of hydrogen-bond donors (Lipinski definition) is 2. The highest BCUT2D eigenvalue weighted by Crippen LogP contribution is 2.33. The van der Waals surface area contributed by atoms with Gasteiger partial charge in [-0.05, 0) is 47.0 Å². The van der Waals surface area contributed by atoms with Crippen molar-refractivity contribution in [2.24, 2.45) is 5.92 Å². The van der Waals surface area contributed by atoms with E-state index >= 15 is 0 Å². The molecule has 2 N–H and O–H groups in total. The van der Waals surface area contributed by atoms with Crippen molar-refractivity contribution < 1.29 is 9.90 Å². The van der Waals surface area contributed by atoms with Crippen LogP contribution in [-0.4, -0.2) is 17.1 Å². The van der Waals surface area contributed by atoms with Gasteiger partial charge in [0.25, 0.3) is 0 Å². The van der Waals surface area contributed by atoms with E-state index in [1.54, 1.807) is 18.2 Å². The smallest absolute Gasteiger partial charge is 0.308 e. The Hall–Kier alpha value is -1.54. The quantitative estimate of drug-likeness (QED) is 0.899. The van der Waals surface area contributed by atoms with E-state index in [1.165, 1.54) is 0 Å². The largest absolute Gasteiger partial charge is 0.481 e. The Kier molecular flexibility index (Phi) is 3.34. The normalized spacial score (nSPS) is 22.4. The standard InChI is InChI=1S/C12H11BrN2O2/c13-9-5-7(6-14)1-3-11(9)15-10-4-2-8(10)12(16)17/h1,3,5,8,10,15H,2,4H2,(H,16,17). The average molecular weight is 295 g/mol. The van der Waals surface area contributed by atoms with Crippen LogP contribution in [-0.2, 0) is 4.79 Å². The first-order valence-corrected chi connectivity index (χ1v) is 6.10. The van der Waals surface area contributed by atoms with Crippen LogP contribution < -0.4 is 5.32 Å². The molecule has 0 amide bonds. The number of rotatable bonds is 3. The maximum absolute atomic E-state index is 10.9. The summed E-state index contributed by atoms with van der Waals surface area (Å²) in [5.41, 5.74) is 1.41. The number of nitrogens with zero attached hydrogens (tertiary/aromatic N) is 1. The minimum atomic E-state index is -0.751. The first-order chi connectivity index (χ1) is 8.11. The minimum absolute atomic E-state index is 0.0169. The van der Waals surface area contributed by atoms with Crippen molar-refractivity contribution in [3.05, 3.63) is 28.2 Å². The predicted octanol–water partition coefficient (Wildman–Crippen LogP) is 2.60. The van der Waals surface area contributed by atoms with Gasteiger partial charge in [0.15, 0.2) is 0 Å². The monoisotopic (exact) mass is 294 g/mol. The molecule has 0 spiro atoms. The molecular formula is C12H11BrN2O2. The number of hydrogen-bond acceptors (Lipinski definition) is 3. The van der Waals surface area contributed by atoms with E-state index in [-0.39, 0.29) is 12.0 Å². The fraction of sp³-hybridized carbons (Fsp3) is 0.333. The summed E-state index contributed by atoms with van der Waals surface area (Å²) in [6.45, 7) is 0. The summed E-state index contributed by atoms with van der Waals surface area (Å²) in [5, 5.41) is 20.9. The second-order valence-corrected chi connectivity index (χ2v) is 4.93. The van der Waals surface area contributed by atoms with Crippen molar-refractivity contribution in [2.75, 3.05) is 5.32 Å². The van der Waals surface area contributed by atoms with Crippen LogP contribution in [0.15, 0.2) is 22.7 Å². The summed E-state index contributed by atoms with van der Waals surface area (Å²) in [6, 6.07) is 7.25. The average Bonchev–Trinajstić information content (AvgIpc) is 2.24. The van der Waals surface area contributed by atoms with Crippen molar-refractivity contribution in [3.63, 3.8) is 0 Å². The molecule has 1 fully saturated rings. The molecule has 2 atom stereocenters. The fourth-order valence-electron chi connectivity index (χ4n) is 1.87. The lowest BCUT2D eigenvalue weighted by atomic mass is 9.79. The molecule has 0 radical (unpaired) electrons. The van der Waals surface area contributed by atoms with Crippen LogP contribution in [0.1, 0.15) is 18.4 Å². The van der Waals surface area contributed by atoms with E-state index < -0.39 is 5.97 Å². The summed E-state index contributed by atoms with van der Waals surface area (Å²) < 4.78 is 0.785. The van der Waals surface area contributed by atoms with Gasteiger partial charge in [-0.3, -0.25) is 4.79 Å². The van der Waals surface area contributed by atoms with Gasteiger partial charge in [0.2, 0.25) is 0 Å². The molecule has 2 rings (SSSR count). The van der Waals surface area contributed by atoms with Gasteiger partial charge in [-0.15, -0.1) is 0 Å². The van der Waals surface area contributed by atoms with Crippen molar-refractivity contribution in [1.82, 2.24) is 0 Å². The lowest BCUT2D eigenvalue weighted by molar-refractivity contribution is -0.144. The molecule has 0 aliphatic heterocycles. The number of benzene rings is 1. The predicted molar refractivity (Wildman–Crippen MR) is 66.6 cm³/mol. The molecule has 1 aliphatic rings. The van der Waals surface area contributed by atoms with E-state index in [2.05, 4.69) is 27.3 Å². The van der Waals surface area contributed by atoms with Crippen molar-refractivity contribution in [2.45, 2.75) is 18.9 Å². The number of carboxylic acids is 1. The topological polar surface area (TPSA) is 73.1 Å². The first-order valence-electron chi connectivity index (χ1n) is 5.31. The molecule has 1 aromatic carbocycles. The summed E-state index contributed by atoms with van der Waals surface area (Å²) in [7, 11) is 0. The molecule has 0 saturated heterocycles. The van der Waals surface area contributed by atoms with Crippen LogP contribution in [0.5, 0.6) is 0 Å². The lowest BCUT2D eigenvalue weighted by Crippen LogP contribution is -2.43. The van der Waals surface area contributed by atoms with E-state index in [0.717, 1.165) is 23.0 Å². The molecule has 17 heavy (non-hydrogen) atoms. The Bertz CT molecular complexity index is 496. The molecule has 1 aliphatic carbocycles. The number of nitriles is 1. The zero-order chi connectivity index (χ0) is 12.4. The highest BCUT2D eigenvalue weighted by molar-refractivity contribution is 9.10. The van der Waals surface area contributed by atoms with E-state index in [4.69, 9.17) is 10.4 Å². The molecule has 1 saturated carbocycles. The van der Waals surface area contributed by atoms with E-state index in [9.17, 15) is 4.79 Å². The Labute approximate surface area is 107 Å². The molecular weight excluding hydrogens is 284 g/mol. The number of nitrogens with one attached hydrogen (secondary N) is 1. The molecule has 1 aromatic rings. The third kappa shape index (κ3) is 2.42. The second kappa shape index (κ2) is 4.76. The van der Waals surface area contributed by atoms with Gasteiger partial charge in [-0.25, -0.2) is 0 Å². The summed E-state index contributed by atoms with van der Waals surface area (Å²) in [4.78, 5) is 10.9. The highest BCUT2D eigenvalue weighted by atomic mass is 79.9. The number of carbonyl (C=O) groups is 1. The maximum Gasteiger partial charge on any atom is 0.308 e. The third-order valence-electron chi connectivity index (χ3n) is 3.03. The number of anilines is 1. The van der Waals surface area contributed by atoms with Crippen molar-refractivity contribution >= 4 is 27.6 Å². The molecule has 0 heterocycles. The number of aliphatic carboxylic acids is 1. The maximum atomic E-state index is 10.9. The summed E-state index contributed by atoms with van der Waals surface area (Å²) in [5.74, 6) is -1.06. The molecule has 0 bridgehead atoms. The minimum Gasteiger partial charge on any atom is -0.481 e. The zero-order valence-electron chi connectivity index (χ0n) is 8.98. The lowest BCUT2D eigenvalue weighted by Gasteiger charge is -2.35. The molecule has 0 aromatic heterocycles.